The van der Waals surface area contributed by atoms with E-state index in [-0.39, 0.29) is 0 Å². The summed E-state index contributed by atoms with van der Waals surface area (Å²) in [4.78, 5) is 1.33. The Kier molecular flexibility index (Phi) is 3.90. The first-order valence-corrected chi connectivity index (χ1v) is 7.42. The Balaban J connectivity index is 2.16. The summed E-state index contributed by atoms with van der Waals surface area (Å²) < 4.78 is 1.18. The minimum Gasteiger partial charge on any atom is -0.271 e. The molecule has 2 atom stereocenters. The van der Waals surface area contributed by atoms with Gasteiger partial charge in [-0.3, -0.25) is 11.3 Å². The molecule has 1 aliphatic rings. The van der Waals surface area contributed by atoms with Gasteiger partial charge in [0.05, 0.1) is 6.04 Å². The monoisotopic (exact) mass is 292 g/mol. The molecular formula is C9H13BrN2S2. The summed E-state index contributed by atoms with van der Waals surface area (Å²) in [5.74, 6) is 8.81. The predicted octanol–water partition coefficient (Wildman–Crippen LogP) is 2.77. The highest BCUT2D eigenvalue weighted by Gasteiger charge is 2.27. The van der Waals surface area contributed by atoms with E-state index in [0.29, 0.717) is 12.0 Å². The van der Waals surface area contributed by atoms with Gasteiger partial charge >= 0.3 is 0 Å². The van der Waals surface area contributed by atoms with Gasteiger partial charge in [0, 0.05) is 9.35 Å². The van der Waals surface area contributed by atoms with Crippen molar-refractivity contribution in [3.63, 3.8) is 0 Å². The number of nitrogens with one attached hydrogen (secondary N) is 1. The zero-order valence-corrected chi connectivity index (χ0v) is 10.9. The van der Waals surface area contributed by atoms with Crippen molar-refractivity contribution in [3.8, 4) is 0 Å². The maximum atomic E-state index is 5.64. The van der Waals surface area contributed by atoms with Crippen LogP contribution in [0.2, 0.25) is 0 Å². The number of hydrogen-bond acceptors (Lipinski definition) is 4. The highest BCUT2D eigenvalue weighted by atomic mass is 79.9. The largest absolute Gasteiger partial charge is 0.271 e. The third-order valence-electron chi connectivity index (χ3n) is 2.54. The highest BCUT2D eigenvalue weighted by Crippen LogP contribution is 2.38. The number of thioether (sulfide) groups is 1. The number of halogens is 1. The van der Waals surface area contributed by atoms with E-state index >= 15 is 0 Å². The molecule has 78 valence electrons. The first-order chi connectivity index (χ1) is 6.83. The predicted molar refractivity (Wildman–Crippen MR) is 67.5 cm³/mol. The molecule has 0 radical (unpaired) electrons. The second-order valence-corrected chi connectivity index (χ2v) is 6.35. The van der Waals surface area contributed by atoms with E-state index in [4.69, 9.17) is 5.84 Å². The Bertz CT molecular complexity index is 297. The lowest BCUT2D eigenvalue weighted by Gasteiger charge is -2.21. The second-order valence-electron chi connectivity index (χ2n) is 3.40. The molecule has 2 unspecified atom stereocenters. The summed E-state index contributed by atoms with van der Waals surface area (Å²) >= 11 is 7.36. The number of nitrogens with two attached hydrogens (primary N) is 1. The molecule has 1 saturated heterocycles. The summed E-state index contributed by atoms with van der Waals surface area (Å²) in [6.07, 6.45) is 1.27. The molecule has 0 aromatic carbocycles. The Morgan fingerprint density at radius 2 is 2.50 bits per heavy atom. The first kappa shape index (κ1) is 11.0. The average molecular weight is 293 g/mol. The lowest BCUT2D eigenvalue weighted by molar-refractivity contribution is 0.405. The number of thiophene rings is 1. The molecule has 2 nitrogen and oxygen atoms in total. The van der Waals surface area contributed by atoms with Crippen LogP contribution in [-0.4, -0.2) is 11.5 Å². The summed E-state index contributed by atoms with van der Waals surface area (Å²) in [7, 11) is 0. The van der Waals surface area contributed by atoms with Crippen LogP contribution in [0.5, 0.6) is 0 Å². The Hall–Kier alpha value is 0.450. The van der Waals surface area contributed by atoms with Crippen LogP contribution >= 0.6 is 39.0 Å². The zero-order chi connectivity index (χ0) is 9.97. The summed E-state index contributed by atoms with van der Waals surface area (Å²) in [5, 5.41) is 2.10. The quantitative estimate of drug-likeness (QED) is 0.665. The number of rotatable bonds is 3. The molecule has 2 rings (SSSR count). The maximum absolute atomic E-state index is 5.64. The van der Waals surface area contributed by atoms with Crippen molar-refractivity contribution in [2.45, 2.75) is 12.5 Å². The van der Waals surface area contributed by atoms with Crippen LogP contribution < -0.4 is 11.3 Å². The molecule has 1 aliphatic heterocycles. The van der Waals surface area contributed by atoms with Crippen molar-refractivity contribution in [1.29, 1.82) is 0 Å². The smallest absolute Gasteiger partial charge is 0.0600 e. The molecule has 14 heavy (non-hydrogen) atoms. The van der Waals surface area contributed by atoms with Gasteiger partial charge in [0.25, 0.3) is 0 Å². The zero-order valence-electron chi connectivity index (χ0n) is 7.70. The van der Waals surface area contributed by atoms with Crippen molar-refractivity contribution < 1.29 is 0 Å². The average Bonchev–Trinajstić information content (AvgIpc) is 2.80. The van der Waals surface area contributed by atoms with Gasteiger partial charge < -0.3 is 0 Å². The van der Waals surface area contributed by atoms with Gasteiger partial charge in [-0.1, -0.05) is 0 Å². The van der Waals surface area contributed by atoms with Crippen molar-refractivity contribution in [2.75, 3.05) is 11.5 Å². The van der Waals surface area contributed by atoms with Crippen LogP contribution in [0.3, 0.4) is 0 Å². The van der Waals surface area contributed by atoms with Crippen LogP contribution in [0.15, 0.2) is 15.9 Å². The van der Waals surface area contributed by atoms with Crippen molar-refractivity contribution in [2.24, 2.45) is 11.8 Å². The van der Waals surface area contributed by atoms with Crippen LogP contribution in [0, 0.1) is 5.92 Å². The summed E-state index contributed by atoms with van der Waals surface area (Å²) in [6, 6.07) is 2.41. The SMILES string of the molecule is NNC(c1sccc1Br)C1CCSC1. The Morgan fingerprint density at radius 1 is 1.64 bits per heavy atom. The molecule has 1 fully saturated rings. The molecule has 2 heterocycles. The Labute approximate surface area is 101 Å². The number of hydrazine groups is 1. The molecule has 3 N–H and O–H groups in total. The highest BCUT2D eigenvalue weighted by molar-refractivity contribution is 9.10. The molecule has 0 saturated carbocycles. The fourth-order valence-corrected chi connectivity index (χ4v) is 4.84. The maximum Gasteiger partial charge on any atom is 0.0600 e. The normalized spacial score (nSPS) is 24.0. The molecule has 5 heteroatoms. The van der Waals surface area contributed by atoms with Crippen molar-refractivity contribution >= 4 is 39.0 Å². The molecular weight excluding hydrogens is 280 g/mol. The Morgan fingerprint density at radius 3 is 3.00 bits per heavy atom. The second kappa shape index (κ2) is 4.99. The molecule has 0 spiro atoms. The third-order valence-corrected chi connectivity index (χ3v) is 5.69. The van der Waals surface area contributed by atoms with E-state index in [1.165, 1.54) is 27.3 Å². The van der Waals surface area contributed by atoms with Gasteiger partial charge in [-0.2, -0.15) is 11.8 Å². The van der Waals surface area contributed by atoms with Crippen LogP contribution in [0.25, 0.3) is 0 Å². The van der Waals surface area contributed by atoms with Gasteiger partial charge in [0.2, 0.25) is 0 Å². The van der Waals surface area contributed by atoms with E-state index in [0.717, 1.165) is 0 Å². The van der Waals surface area contributed by atoms with E-state index in [9.17, 15) is 0 Å². The van der Waals surface area contributed by atoms with E-state index in [1.54, 1.807) is 11.3 Å². The molecule has 1 aromatic heterocycles. The number of hydrogen-bond donors (Lipinski definition) is 2. The van der Waals surface area contributed by atoms with Gasteiger partial charge in [0.15, 0.2) is 0 Å². The van der Waals surface area contributed by atoms with Gasteiger partial charge in [-0.05, 0) is 51.2 Å². The first-order valence-electron chi connectivity index (χ1n) is 4.59. The van der Waals surface area contributed by atoms with Gasteiger partial charge in [0.1, 0.15) is 0 Å². The van der Waals surface area contributed by atoms with Crippen LogP contribution in [0.4, 0.5) is 0 Å². The lowest BCUT2D eigenvalue weighted by Crippen LogP contribution is -2.33. The van der Waals surface area contributed by atoms with Gasteiger partial charge in [-0.15, -0.1) is 11.3 Å². The van der Waals surface area contributed by atoms with Crippen molar-refractivity contribution in [1.82, 2.24) is 5.43 Å². The third kappa shape index (κ3) is 2.17. The molecule has 1 aromatic rings. The molecule has 0 bridgehead atoms. The minimum atomic E-state index is 0.319. The standard InChI is InChI=1S/C9H13BrN2S2/c10-7-2-4-14-9(7)8(12-11)6-1-3-13-5-6/h2,4,6,8,12H,1,3,5,11H2. The van der Waals surface area contributed by atoms with E-state index < -0.39 is 0 Å². The van der Waals surface area contributed by atoms with Crippen LogP contribution in [0.1, 0.15) is 17.3 Å². The fraction of sp³-hybridized carbons (Fsp3) is 0.556. The van der Waals surface area contributed by atoms with E-state index in [2.05, 4.69) is 32.8 Å². The van der Waals surface area contributed by atoms with Crippen molar-refractivity contribution in [3.05, 3.63) is 20.8 Å². The molecule has 0 amide bonds. The summed E-state index contributed by atoms with van der Waals surface area (Å²) in [5.41, 5.74) is 2.95. The van der Waals surface area contributed by atoms with Gasteiger partial charge in [-0.25, -0.2) is 0 Å². The fourth-order valence-electron chi connectivity index (χ4n) is 1.77. The van der Waals surface area contributed by atoms with E-state index in [1.807, 2.05) is 11.8 Å². The van der Waals surface area contributed by atoms with Crippen LogP contribution in [-0.2, 0) is 0 Å². The summed E-state index contributed by atoms with van der Waals surface area (Å²) in [6.45, 7) is 0. The molecule has 0 aliphatic carbocycles. The topological polar surface area (TPSA) is 38.0 Å². The minimum absolute atomic E-state index is 0.319. The lowest BCUT2D eigenvalue weighted by atomic mass is 9.98.